The topological polar surface area (TPSA) is 84.0 Å². The van der Waals surface area contributed by atoms with Gasteiger partial charge in [-0.3, -0.25) is 0 Å². The number of hydrogen-bond donors (Lipinski definition) is 3. The monoisotopic (exact) mass is 354 g/mol. The molecule has 0 aliphatic carbocycles. The van der Waals surface area contributed by atoms with Crippen LogP contribution in [-0.4, -0.2) is 41.2 Å². The minimum absolute atomic E-state index is 0.311. The Morgan fingerprint density at radius 1 is 1.12 bits per heavy atom. The van der Waals surface area contributed by atoms with Crippen molar-refractivity contribution in [3.8, 4) is 6.01 Å². The summed E-state index contributed by atoms with van der Waals surface area (Å²) in [6.07, 6.45) is 3.13. The van der Waals surface area contributed by atoms with E-state index in [2.05, 4.69) is 49.6 Å². The van der Waals surface area contributed by atoms with Crippen LogP contribution < -0.4 is 20.7 Å². The minimum Gasteiger partial charge on any atom is -0.464 e. The van der Waals surface area contributed by atoms with Crippen LogP contribution in [-0.2, 0) is 6.42 Å². The molecule has 26 heavy (non-hydrogen) atoms. The number of ether oxygens (including phenoxy) is 1. The number of aryl methyl sites for hydroxylation is 1. The highest BCUT2D eigenvalue weighted by Crippen LogP contribution is 2.19. The van der Waals surface area contributed by atoms with Gasteiger partial charge in [0.05, 0.1) is 6.61 Å². The molecule has 0 fully saturated rings. The molecule has 0 saturated carbocycles. The van der Waals surface area contributed by atoms with E-state index < -0.39 is 0 Å². The molecule has 7 heteroatoms. The molecule has 0 radical (unpaired) electrons. The summed E-state index contributed by atoms with van der Waals surface area (Å²) in [4.78, 5) is 13.1. The lowest BCUT2D eigenvalue weighted by molar-refractivity contribution is 0.312. The number of fused-ring (bicyclic) bond motifs is 4. The Bertz CT molecular complexity index is 749. The highest BCUT2D eigenvalue weighted by molar-refractivity contribution is 5.55. The van der Waals surface area contributed by atoms with E-state index in [1.165, 1.54) is 11.1 Å². The number of rotatable bonds is 2. The molecule has 1 aromatic carbocycles. The van der Waals surface area contributed by atoms with Crippen LogP contribution >= 0.6 is 0 Å². The quantitative estimate of drug-likeness (QED) is 0.715. The average molecular weight is 354 g/mol. The Kier molecular flexibility index (Phi) is 6.38. The molecule has 2 heterocycles. The number of hydrogen-bond acceptors (Lipinski definition) is 7. The lowest BCUT2D eigenvalue weighted by Gasteiger charge is -2.13. The fraction of sp³-hybridized carbons (Fsp3) is 0.421. The van der Waals surface area contributed by atoms with Crippen LogP contribution in [0.3, 0.4) is 0 Å². The molecule has 4 bridgehead atoms. The highest BCUT2D eigenvalue weighted by atomic mass is 16.5. The third kappa shape index (κ3) is 5.42. The smallest absolute Gasteiger partial charge is 0.323 e. The summed E-state index contributed by atoms with van der Waals surface area (Å²) in [6, 6.07) is 8.63. The summed E-state index contributed by atoms with van der Waals surface area (Å²) >= 11 is 0. The summed E-state index contributed by atoms with van der Waals surface area (Å²) in [7, 11) is 0. The van der Waals surface area contributed by atoms with Gasteiger partial charge >= 0.3 is 6.01 Å². The summed E-state index contributed by atoms with van der Waals surface area (Å²) in [5.41, 5.74) is 3.46. The first-order valence-electron chi connectivity index (χ1n) is 9.09. The van der Waals surface area contributed by atoms with Gasteiger partial charge in [0.1, 0.15) is 0 Å². The van der Waals surface area contributed by atoms with E-state index in [1.54, 1.807) is 0 Å². The first kappa shape index (κ1) is 18.1. The third-order valence-corrected chi connectivity index (χ3v) is 4.03. The Morgan fingerprint density at radius 3 is 2.88 bits per heavy atom. The fourth-order valence-electron chi connectivity index (χ4n) is 2.78. The lowest BCUT2D eigenvalue weighted by atomic mass is 10.0. The van der Waals surface area contributed by atoms with Crippen LogP contribution in [0.5, 0.6) is 6.01 Å². The average Bonchev–Trinajstić information content (AvgIpc) is 2.61. The van der Waals surface area contributed by atoms with Crippen molar-refractivity contribution in [1.82, 2.24) is 20.3 Å². The molecule has 3 N–H and O–H groups in total. The van der Waals surface area contributed by atoms with Gasteiger partial charge in [0.15, 0.2) is 0 Å². The summed E-state index contributed by atoms with van der Waals surface area (Å²) in [5.74, 6) is 0.964. The van der Waals surface area contributed by atoms with Crippen LogP contribution in [0.4, 0.5) is 17.6 Å². The molecule has 0 amide bonds. The van der Waals surface area contributed by atoms with E-state index in [4.69, 9.17) is 4.74 Å². The zero-order valence-electron chi connectivity index (χ0n) is 15.2. The molecule has 1 aliphatic rings. The molecule has 7 nitrogen and oxygen atoms in total. The molecule has 0 unspecified atom stereocenters. The van der Waals surface area contributed by atoms with Crippen molar-refractivity contribution < 1.29 is 4.74 Å². The summed E-state index contributed by atoms with van der Waals surface area (Å²) in [6.45, 7) is 8.90. The van der Waals surface area contributed by atoms with Gasteiger partial charge in [0.25, 0.3) is 0 Å². The van der Waals surface area contributed by atoms with E-state index in [9.17, 15) is 0 Å². The third-order valence-electron chi connectivity index (χ3n) is 4.03. The van der Waals surface area contributed by atoms with Crippen LogP contribution in [0.2, 0.25) is 0 Å². The zero-order chi connectivity index (χ0) is 18.2. The van der Waals surface area contributed by atoms with Gasteiger partial charge in [-0.1, -0.05) is 24.3 Å². The van der Waals surface area contributed by atoms with Crippen LogP contribution in [0.15, 0.2) is 36.4 Å². The molecule has 1 aliphatic heterocycles. The lowest BCUT2D eigenvalue weighted by Crippen LogP contribution is -2.25. The predicted molar refractivity (Wildman–Crippen MR) is 104 cm³/mol. The highest BCUT2D eigenvalue weighted by Gasteiger charge is 2.08. The van der Waals surface area contributed by atoms with E-state index >= 15 is 0 Å². The second kappa shape index (κ2) is 9.15. The van der Waals surface area contributed by atoms with Gasteiger partial charge in [-0.05, 0) is 43.9 Å². The summed E-state index contributed by atoms with van der Waals surface area (Å²) in [5, 5.41) is 9.86. The Labute approximate surface area is 154 Å². The van der Waals surface area contributed by atoms with Gasteiger partial charge in [-0.25, -0.2) is 0 Å². The molecular weight excluding hydrogens is 328 g/mol. The Hall–Kier alpha value is -2.67. The van der Waals surface area contributed by atoms with Gasteiger partial charge in [0, 0.05) is 25.3 Å². The molecule has 2 aromatic rings. The zero-order valence-corrected chi connectivity index (χ0v) is 15.2. The van der Waals surface area contributed by atoms with Gasteiger partial charge in [-0.15, -0.1) is 0 Å². The minimum atomic E-state index is 0.311. The molecule has 0 saturated heterocycles. The molecule has 3 rings (SSSR count). The summed E-state index contributed by atoms with van der Waals surface area (Å²) < 4.78 is 5.47. The van der Waals surface area contributed by atoms with Crippen molar-refractivity contribution in [1.29, 1.82) is 0 Å². The molecule has 0 atom stereocenters. The largest absolute Gasteiger partial charge is 0.464 e. The number of aromatic nitrogens is 3. The Balaban J connectivity index is 1.85. The number of benzene rings is 1. The second-order valence-electron chi connectivity index (χ2n) is 6.23. The van der Waals surface area contributed by atoms with Gasteiger partial charge < -0.3 is 20.7 Å². The normalized spacial score (nSPS) is 15.7. The van der Waals surface area contributed by atoms with Crippen molar-refractivity contribution in [3.05, 3.63) is 42.0 Å². The Morgan fingerprint density at radius 2 is 2.00 bits per heavy atom. The van der Waals surface area contributed by atoms with Crippen molar-refractivity contribution in [2.24, 2.45) is 0 Å². The standard InChI is InChI=1S/C19H26N6O/c1-3-26-19-24-17-21-11-10-20-13-14(2)6-4-7-15-8-5-9-16(12-15)22-18(23-17)25-19/h5,8-9,12,20H,2-4,6-7,10-11,13H2,1H3,(H2,21,22,23,24,25). The molecule has 138 valence electrons. The molecule has 1 aromatic heterocycles. The number of nitrogens with zero attached hydrogens (tertiary/aromatic N) is 3. The number of anilines is 3. The van der Waals surface area contributed by atoms with Gasteiger partial charge in [0.2, 0.25) is 11.9 Å². The number of nitrogens with one attached hydrogen (secondary N) is 3. The maximum Gasteiger partial charge on any atom is 0.323 e. The first-order valence-corrected chi connectivity index (χ1v) is 9.09. The van der Waals surface area contributed by atoms with Crippen molar-refractivity contribution in [2.75, 3.05) is 36.9 Å². The van der Waals surface area contributed by atoms with Crippen molar-refractivity contribution >= 4 is 17.6 Å². The SMILES string of the molecule is C=C1CCCc2cccc(c2)Nc2nc(nc(OCC)n2)NCCNC1. The molecule has 0 spiro atoms. The van der Waals surface area contributed by atoms with Crippen LogP contribution in [0.1, 0.15) is 25.3 Å². The van der Waals surface area contributed by atoms with Crippen molar-refractivity contribution in [3.63, 3.8) is 0 Å². The second-order valence-corrected chi connectivity index (χ2v) is 6.23. The van der Waals surface area contributed by atoms with E-state index in [0.717, 1.165) is 38.0 Å². The van der Waals surface area contributed by atoms with E-state index in [0.29, 0.717) is 31.1 Å². The van der Waals surface area contributed by atoms with Crippen LogP contribution in [0.25, 0.3) is 0 Å². The maximum atomic E-state index is 5.47. The van der Waals surface area contributed by atoms with E-state index in [1.807, 2.05) is 19.1 Å². The fourth-order valence-corrected chi connectivity index (χ4v) is 2.78. The van der Waals surface area contributed by atoms with Gasteiger partial charge in [-0.2, -0.15) is 15.0 Å². The maximum absolute atomic E-state index is 5.47. The predicted octanol–water partition coefficient (Wildman–Crippen LogP) is 2.91. The van der Waals surface area contributed by atoms with Crippen molar-refractivity contribution in [2.45, 2.75) is 26.2 Å². The van der Waals surface area contributed by atoms with E-state index in [-0.39, 0.29) is 0 Å². The van der Waals surface area contributed by atoms with Crippen LogP contribution in [0, 0.1) is 0 Å². The first-order chi connectivity index (χ1) is 12.7. The molecular formula is C19H26N6O.